The molecule has 0 bridgehead atoms. The van der Waals surface area contributed by atoms with Crippen LogP contribution in [0.15, 0.2) is 11.6 Å². The first kappa shape index (κ1) is 17.5. The van der Waals surface area contributed by atoms with Crippen LogP contribution in [-0.4, -0.2) is 58.0 Å². The van der Waals surface area contributed by atoms with Gasteiger partial charge in [-0.3, -0.25) is 4.79 Å². The van der Waals surface area contributed by atoms with Crippen molar-refractivity contribution in [1.82, 2.24) is 4.90 Å². The van der Waals surface area contributed by atoms with E-state index < -0.39 is 49.4 Å². The number of sulfone groups is 1. The Morgan fingerprint density at radius 2 is 1.83 bits per heavy atom. The number of carbonyl (C=O) groups excluding carboxylic acids is 2. The van der Waals surface area contributed by atoms with Gasteiger partial charge in [-0.25, -0.2) is 18.0 Å². The van der Waals surface area contributed by atoms with E-state index in [4.69, 9.17) is 4.74 Å². The maximum atomic E-state index is 12.6. The Labute approximate surface area is 134 Å². The number of carbonyl (C=O) groups is 3. The molecule has 0 aromatic heterocycles. The van der Waals surface area contributed by atoms with E-state index >= 15 is 0 Å². The maximum absolute atomic E-state index is 12.6. The Bertz CT molecular complexity index is 727. The Balaban J connectivity index is 2.43. The van der Waals surface area contributed by atoms with Crippen molar-refractivity contribution < 1.29 is 32.6 Å². The summed E-state index contributed by atoms with van der Waals surface area (Å²) in [5, 5.41) is 7.85. The number of rotatable bonds is 2. The summed E-state index contributed by atoms with van der Waals surface area (Å²) >= 11 is 0. The van der Waals surface area contributed by atoms with Crippen LogP contribution in [0.1, 0.15) is 34.6 Å². The second-order valence-corrected chi connectivity index (χ2v) is 9.68. The summed E-state index contributed by atoms with van der Waals surface area (Å²) in [7, 11) is -3.98. The van der Waals surface area contributed by atoms with Crippen LogP contribution in [0.25, 0.3) is 0 Å². The van der Waals surface area contributed by atoms with Crippen molar-refractivity contribution in [2.45, 2.75) is 56.4 Å². The molecule has 2 aliphatic heterocycles. The van der Waals surface area contributed by atoms with Gasteiger partial charge in [-0.1, -0.05) is 0 Å². The number of carboxylic acids is 1. The molecule has 2 saturated heterocycles. The number of ether oxygens (including phenoxy) is 1. The van der Waals surface area contributed by atoms with Gasteiger partial charge in [-0.15, -0.1) is 0 Å². The molecule has 2 rings (SSSR count). The van der Waals surface area contributed by atoms with Gasteiger partial charge in [-0.05, 0) is 34.6 Å². The molecule has 9 heteroatoms. The van der Waals surface area contributed by atoms with Gasteiger partial charge in [0.2, 0.25) is 0 Å². The molecule has 128 valence electrons. The summed E-state index contributed by atoms with van der Waals surface area (Å²) < 4.78 is 28.5. The lowest BCUT2D eigenvalue weighted by Crippen LogP contribution is -2.59. The molecular formula is C14H19NO7S. The monoisotopic (exact) mass is 345 g/mol. The Hall–Kier alpha value is -1.90. The summed E-state index contributed by atoms with van der Waals surface area (Å²) in [6, 6.07) is -1.49. The predicted octanol–water partition coefficient (Wildman–Crippen LogP) is 0.0830. The van der Waals surface area contributed by atoms with E-state index in [-0.39, 0.29) is 5.57 Å². The second kappa shape index (κ2) is 4.80. The zero-order valence-corrected chi connectivity index (χ0v) is 14.3. The van der Waals surface area contributed by atoms with Crippen molar-refractivity contribution in [3.05, 3.63) is 11.6 Å². The average molecular weight is 345 g/mol. The first-order valence-electron chi connectivity index (χ1n) is 6.95. The molecule has 1 amide bonds. The maximum Gasteiger partial charge on any atom is 0.331 e. The van der Waals surface area contributed by atoms with Crippen LogP contribution in [0.3, 0.4) is 0 Å². The lowest BCUT2D eigenvalue weighted by molar-refractivity contribution is -0.153. The van der Waals surface area contributed by atoms with Crippen LogP contribution in [0.5, 0.6) is 0 Å². The number of amides is 1. The third kappa shape index (κ3) is 2.43. The third-order valence-electron chi connectivity index (χ3n) is 3.88. The average Bonchev–Trinajstić information content (AvgIpc) is 2.46. The van der Waals surface area contributed by atoms with E-state index in [2.05, 4.69) is 0 Å². The number of hydrogen-bond acceptors (Lipinski definition) is 6. The lowest BCUT2D eigenvalue weighted by Gasteiger charge is -2.37. The van der Waals surface area contributed by atoms with E-state index in [0.29, 0.717) is 0 Å². The van der Waals surface area contributed by atoms with E-state index in [0.717, 1.165) is 11.0 Å². The quantitative estimate of drug-likeness (QED) is 0.428. The van der Waals surface area contributed by atoms with E-state index in [1.807, 2.05) is 0 Å². The van der Waals surface area contributed by atoms with Gasteiger partial charge >= 0.3 is 11.9 Å². The largest absolute Gasteiger partial charge is 0.480 e. The lowest BCUT2D eigenvalue weighted by atomic mass is 9.95. The highest BCUT2D eigenvalue weighted by Gasteiger charge is 2.70. The fourth-order valence-corrected chi connectivity index (χ4v) is 4.92. The number of esters is 1. The Morgan fingerprint density at radius 1 is 1.30 bits per heavy atom. The Kier molecular flexibility index (Phi) is 3.64. The fraction of sp³-hybridized carbons (Fsp3) is 0.643. The van der Waals surface area contributed by atoms with Crippen molar-refractivity contribution >= 4 is 27.7 Å². The Morgan fingerprint density at radius 3 is 2.26 bits per heavy atom. The smallest absolute Gasteiger partial charge is 0.331 e. The van der Waals surface area contributed by atoms with Crippen LogP contribution >= 0.6 is 0 Å². The molecule has 2 fully saturated rings. The fourth-order valence-electron chi connectivity index (χ4n) is 2.80. The molecule has 0 unspecified atom stereocenters. The van der Waals surface area contributed by atoms with Crippen molar-refractivity contribution in [1.29, 1.82) is 0 Å². The second-order valence-electron chi connectivity index (χ2n) is 7.09. The first-order chi connectivity index (χ1) is 10.2. The summed E-state index contributed by atoms with van der Waals surface area (Å²) in [4.78, 5) is 36.1. The minimum absolute atomic E-state index is 0.254. The third-order valence-corrected chi connectivity index (χ3v) is 6.64. The minimum atomic E-state index is -3.98. The summed E-state index contributed by atoms with van der Waals surface area (Å²) in [5.74, 6) is -3.01. The number of fused-ring (bicyclic) bond motifs is 1. The molecule has 23 heavy (non-hydrogen) atoms. The van der Waals surface area contributed by atoms with Crippen LogP contribution in [0, 0.1) is 0 Å². The molecule has 2 aliphatic rings. The van der Waals surface area contributed by atoms with Gasteiger partial charge in [0.15, 0.2) is 21.3 Å². The van der Waals surface area contributed by atoms with Crippen molar-refractivity contribution in [3.8, 4) is 0 Å². The number of hydrogen-bond donors (Lipinski definition) is 1. The zero-order chi connectivity index (χ0) is 18.0. The van der Waals surface area contributed by atoms with Crippen LogP contribution in [-0.2, 0) is 29.0 Å². The van der Waals surface area contributed by atoms with E-state index in [1.54, 1.807) is 20.8 Å². The summed E-state index contributed by atoms with van der Waals surface area (Å²) in [5.41, 5.74) is -1.05. The first-order valence-corrected chi connectivity index (χ1v) is 8.50. The minimum Gasteiger partial charge on any atom is -0.480 e. The standard InChI is InChI=1S/C14H19NO7S/c1-13(2,3)22-8(16)6-7-10(17)15-9(12(18)19)14(4,5)23(20,21)11(7)15/h6,9,11H,1-5H3,(H,18,19)/b7-6-/t9-,11+/m0/s1. The van der Waals surface area contributed by atoms with Gasteiger partial charge in [0.1, 0.15) is 10.3 Å². The van der Waals surface area contributed by atoms with Crippen LogP contribution in [0.4, 0.5) is 0 Å². The van der Waals surface area contributed by atoms with Crippen molar-refractivity contribution in [2.24, 2.45) is 0 Å². The molecule has 0 radical (unpaired) electrons. The molecular weight excluding hydrogens is 326 g/mol. The number of β-lactam (4-membered cyclic amide) rings is 1. The molecule has 0 aromatic carbocycles. The van der Waals surface area contributed by atoms with Gasteiger partial charge in [0.05, 0.1) is 5.57 Å². The predicted molar refractivity (Wildman–Crippen MR) is 79.0 cm³/mol. The van der Waals surface area contributed by atoms with Gasteiger partial charge in [-0.2, -0.15) is 0 Å². The molecule has 2 atom stereocenters. The molecule has 0 spiro atoms. The van der Waals surface area contributed by atoms with Gasteiger partial charge < -0.3 is 14.7 Å². The van der Waals surface area contributed by atoms with Gasteiger partial charge in [0, 0.05) is 6.08 Å². The molecule has 1 N–H and O–H groups in total. The highest BCUT2D eigenvalue weighted by atomic mass is 32.2. The normalized spacial score (nSPS) is 29.9. The highest BCUT2D eigenvalue weighted by molar-refractivity contribution is 7.94. The van der Waals surface area contributed by atoms with Crippen molar-refractivity contribution in [3.63, 3.8) is 0 Å². The zero-order valence-electron chi connectivity index (χ0n) is 13.5. The van der Waals surface area contributed by atoms with Crippen LogP contribution in [0.2, 0.25) is 0 Å². The summed E-state index contributed by atoms with van der Waals surface area (Å²) in [6.07, 6.45) is 0.840. The van der Waals surface area contributed by atoms with E-state index in [1.165, 1.54) is 13.8 Å². The topological polar surface area (TPSA) is 118 Å². The van der Waals surface area contributed by atoms with E-state index in [9.17, 15) is 27.9 Å². The molecule has 0 aromatic rings. The number of nitrogens with zero attached hydrogens (tertiary/aromatic N) is 1. The SMILES string of the molecule is CC(C)(C)OC(=O)/C=C1/C(=O)N2[C@@H](C(=O)O)C(C)(C)S(=O)(=O)[C@H]12. The molecule has 8 nitrogen and oxygen atoms in total. The number of aliphatic carboxylic acids is 1. The van der Waals surface area contributed by atoms with Gasteiger partial charge in [0.25, 0.3) is 5.91 Å². The number of carboxylic acid groups (broad SMARTS) is 1. The van der Waals surface area contributed by atoms with Crippen molar-refractivity contribution in [2.75, 3.05) is 0 Å². The highest BCUT2D eigenvalue weighted by Crippen LogP contribution is 2.48. The molecule has 0 saturated carbocycles. The molecule has 2 heterocycles. The molecule has 0 aliphatic carbocycles. The van der Waals surface area contributed by atoms with Crippen LogP contribution < -0.4 is 0 Å². The summed E-state index contributed by atoms with van der Waals surface area (Å²) in [6.45, 7) is 7.42.